The molecule has 1 aromatic carbocycles. The van der Waals surface area contributed by atoms with E-state index in [0.717, 1.165) is 70.1 Å². The van der Waals surface area contributed by atoms with E-state index in [1.165, 1.54) is 25.7 Å². The highest BCUT2D eigenvalue weighted by molar-refractivity contribution is 5.33. The standard InChI is InChI=1S/C31H46F2O3/c1-2-3-4-5-22-6-8-25(9-7-22)26-10-11-27(29(33)28(26)32)30(34)16-12-23(13-17-30)24-14-18-31(19-15-24)35-20-21-36-31/h10-11,22-25,34H,2-9,12-21H2,1H3. The van der Waals surface area contributed by atoms with Gasteiger partial charge in [-0.25, -0.2) is 8.78 Å². The van der Waals surface area contributed by atoms with Crippen molar-refractivity contribution in [3.63, 3.8) is 0 Å². The first-order valence-electron chi connectivity index (χ1n) is 14.9. The van der Waals surface area contributed by atoms with Crippen molar-refractivity contribution in [3.8, 4) is 0 Å². The molecule has 0 atom stereocenters. The molecule has 0 aromatic heterocycles. The largest absolute Gasteiger partial charge is 0.385 e. The topological polar surface area (TPSA) is 38.7 Å². The smallest absolute Gasteiger partial charge is 0.168 e. The summed E-state index contributed by atoms with van der Waals surface area (Å²) >= 11 is 0. The number of unbranched alkanes of at least 4 members (excludes halogenated alkanes) is 2. The average molecular weight is 505 g/mol. The first-order chi connectivity index (χ1) is 17.4. The molecular weight excluding hydrogens is 458 g/mol. The molecule has 1 heterocycles. The monoisotopic (exact) mass is 504 g/mol. The van der Waals surface area contributed by atoms with Gasteiger partial charge in [0, 0.05) is 18.4 Å². The molecule has 1 spiro atoms. The number of ether oxygens (including phenoxy) is 2. The van der Waals surface area contributed by atoms with Gasteiger partial charge < -0.3 is 14.6 Å². The fourth-order valence-electron chi connectivity index (χ4n) is 7.88. The van der Waals surface area contributed by atoms with Crippen LogP contribution in [-0.4, -0.2) is 24.1 Å². The van der Waals surface area contributed by atoms with Crippen molar-refractivity contribution >= 4 is 0 Å². The average Bonchev–Trinajstić information content (AvgIpc) is 3.35. The maximum Gasteiger partial charge on any atom is 0.168 e. The van der Waals surface area contributed by atoms with E-state index in [2.05, 4.69) is 6.92 Å². The predicted octanol–water partition coefficient (Wildman–Crippen LogP) is 8.13. The Balaban J connectivity index is 1.17. The molecule has 5 rings (SSSR count). The van der Waals surface area contributed by atoms with E-state index >= 15 is 8.78 Å². The minimum Gasteiger partial charge on any atom is -0.385 e. The summed E-state index contributed by atoms with van der Waals surface area (Å²) in [6.07, 6.45) is 16.0. The van der Waals surface area contributed by atoms with Crippen LogP contribution in [0.2, 0.25) is 0 Å². The van der Waals surface area contributed by atoms with Gasteiger partial charge in [0.2, 0.25) is 0 Å². The molecule has 0 amide bonds. The van der Waals surface area contributed by atoms with Crippen LogP contribution in [0.3, 0.4) is 0 Å². The van der Waals surface area contributed by atoms with Crippen LogP contribution >= 0.6 is 0 Å². The zero-order valence-electron chi connectivity index (χ0n) is 22.2. The molecule has 4 aliphatic rings. The van der Waals surface area contributed by atoms with Crippen molar-refractivity contribution in [1.82, 2.24) is 0 Å². The van der Waals surface area contributed by atoms with Crippen LogP contribution in [0, 0.1) is 29.4 Å². The fraction of sp³-hybridized carbons (Fsp3) is 0.806. The number of benzene rings is 1. The Labute approximate surface area is 216 Å². The van der Waals surface area contributed by atoms with Crippen molar-refractivity contribution in [3.05, 3.63) is 34.9 Å². The van der Waals surface area contributed by atoms with Crippen molar-refractivity contribution in [2.75, 3.05) is 13.2 Å². The SMILES string of the molecule is CCCCCC1CCC(c2ccc(C3(O)CCC(C4CCC5(CC4)OCCO5)CC3)c(F)c2F)CC1. The third kappa shape index (κ3) is 5.54. The molecule has 1 saturated heterocycles. The molecule has 36 heavy (non-hydrogen) atoms. The molecule has 202 valence electrons. The van der Waals surface area contributed by atoms with Gasteiger partial charge >= 0.3 is 0 Å². The molecular formula is C31H46F2O3. The van der Waals surface area contributed by atoms with Crippen LogP contribution in [0.25, 0.3) is 0 Å². The van der Waals surface area contributed by atoms with E-state index in [1.54, 1.807) is 12.1 Å². The van der Waals surface area contributed by atoms with E-state index < -0.39 is 17.2 Å². The molecule has 0 radical (unpaired) electrons. The first-order valence-corrected chi connectivity index (χ1v) is 14.9. The van der Waals surface area contributed by atoms with Crippen LogP contribution < -0.4 is 0 Å². The van der Waals surface area contributed by atoms with Gasteiger partial charge in [0.15, 0.2) is 17.4 Å². The highest BCUT2D eigenvalue weighted by Crippen LogP contribution is 2.49. The summed E-state index contributed by atoms with van der Waals surface area (Å²) in [5.74, 6) is 0.105. The van der Waals surface area contributed by atoms with E-state index in [9.17, 15) is 5.11 Å². The molecule has 0 unspecified atom stereocenters. The van der Waals surface area contributed by atoms with Gasteiger partial charge in [0.05, 0.1) is 18.8 Å². The van der Waals surface area contributed by atoms with Gasteiger partial charge in [-0.3, -0.25) is 0 Å². The first kappa shape index (κ1) is 26.6. The number of halogens is 2. The minimum absolute atomic E-state index is 0.101. The number of hydrogen-bond donors (Lipinski definition) is 1. The third-order valence-corrected chi connectivity index (χ3v) is 10.2. The van der Waals surface area contributed by atoms with Crippen molar-refractivity contribution < 1.29 is 23.4 Å². The van der Waals surface area contributed by atoms with Gasteiger partial charge in [-0.15, -0.1) is 0 Å². The molecule has 4 fully saturated rings. The van der Waals surface area contributed by atoms with Crippen LogP contribution in [0.5, 0.6) is 0 Å². The summed E-state index contributed by atoms with van der Waals surface area (Å²) in [7, 11) is 0. The third-order valence-electron chi connectivity index (χ3n) is 10.2. The molecule has 3 aliphatic carbocycles. The lowest BCUT2D eigenvalue weighted by Crippen LogP contribution is -2.39. The van der Waals surface area contributed by atoms with Crippen LogP contribution in [0.15, 0.2) is 12.1 Å². The molecule has 5 heteroatoms. The van der Waals surface area contributed by atoms with Crippen molar-refractivity contribution in [2.24, 2.45) is 17.8 Å². The minimum atomic E-state index is -1.26. The summed E-state index contributed by atoms with van der Waals surface area (Å²) in [5.41, 5.74) is -0.566. The van der Waals surface area contributed by atoms with Crippen LogP contribution in [0.4, 0.5) is 8.78 Å². The Hall–Kier alpha value is -1.04. The van der Waals surface area contributed by atoms with Crippen molar-refractivity contribution in [1.29, 1.82) is 0 Å². The van der Waals surface area contributed by atoms with Crippen molar-refractivity contribution in [2.45, 2.75) is 127 Å². The number of aliphatic hydroxyl groups is 1. The molecule has 3 saturated carbocycles. The summed E-state index contributed by atoms with van der Waals surface area (Å²) in [6.45, 7) is 3.62. The highest BCUT2D eigenvalue weighted by atomic mass is 19.2. The summed E-state index contributed by atoms with van der Waals surface area (Å²) in [4.78, 5) is 0. The zero-order valence-corrected chi connectivity index (χ0v) is 22.2. The van der Waals surface area contributed by atoms with Gasteiger partial charge in [-0.05, 0) is 93.4 Å². The molecule has 1 N–H and O–H groups in total. The predicted molar refractivity (Wildman–Crippen MR) is 138 cm³/mol. The van der Waals surface area contributed by atoms with Gasteiger partial charge in [0.1, 0.15) is 0 Å². The Kier molecular flexibility index (Phi) is 8.39. The lowest BCUT2D eigenvalue weighted by atomic mass is 9.67. The van der Waals surface area contributed by atoms with E-state index in [0.29, 0.717) is 43.5 Å². The second-order valence-electron chi connectivity index (χ2n) is 12.4. The van der Waals surface area contributed by atoms with Gasteiger partial charge in [-0.2, -0.15) is 0 Å². The van der Waals surface area contributed by atoms with Gasteiger partial charge in [0.25, 0.3) is 0 Å². The van der Waals surface area contributed by atoms with Crippen LogP contribution in [-0.2, 0) is 15.1 Å². The van der Waals surface area contributed by atoms with E-state index in [4.69, 9.17) is 9.47 Å². The maximum absolute atomic E-state index is 15.4. The Morgan fingerprint density at radius 2 is 1.42 bits per heavy atom. The summed E-state index contributed by atoms with van der Waals surface area (Å²) in [6, 6.07) is 3.47. The number of hydrogen-bond acceptors (Lipinski definition) is 3. The quantitative estimate of drug-likeness (QED) is 0.381. The second-order valence-corrected chi connectivity index (χ2v) is 12.4. The fourth-order valence-corrected chi connectivity index (χ4v) is 7.88. The maximum atomic E-state index is 15.4. The summed E-state index contributed by atoms with van der Waals surface area (Å²) < 4.78 is 42.4. The Morgan fingerprint density at radius 3 is 2.03 bits per heavy atom. The Bertz CT molecular complexity index is 855. The normalized spacial score (nSPS) is 33.3. The van der Waals surface area contributed by atoms with Crippen LogP contribution in [0.1, 0.15) is 127 Å². The Morgan fingerprint density at radius 1 is 0.806 bits per heavy atom. The van der Waals surface area contributed by atoms with E-state index in [-0.39, 0.29) is 17.3 Å². The number of rotatable bonds is 7. The lowest BCUT2D eigenvalue weighted by Gasteiger charge is -2.43. The van der Waals surface area contributed by atoms with E-state index in [1.807, 2.05) is 0 Å². The zero-order chi connectivity index (χ0) is 25.2. The highest BCUT2D eigenvalue weighted by Gasteiger charge is 2.45. The van der Waals surface area contributed by atoms with Gasteiger partial charge in [-0.1, -0.05) is 44.7 Å². The molecule has 1 aromatic rings. The molecule has 3 nitrogen and oxygen atoms in total. The summed E-state index contributed by atoms with van der Waals surface area (Å²) in [5, 5.41) is 11.4. The second kappa shape index (κ2) is 11.4. The lowest BCUT2D eigenvalue weighted by molar-refractivity contribution is -0.186. The molecule has 1 aliphatic heterocycles. The molecule has 0 bridgehead atoms.